The number of rotatable bonds is 12. The molecule has 0 saturated carbocycles. The minimum atomic E-state index is -4.22. The lowest BCUT2D eigenvalue weighted by Crippen LogP contribution is -2.53. The second kappa shape index (κ2) is 14.3. The zero-order valence-corrected chi connectivity index (χ0v) is 26.3. The van der Waals surface area contributed by atoms with E-state index in [-0.39, 0.29) is 23.4 Å². The largest absolute Gasteiger partial charge is 0.355 e. The van der Waals surface area contributed by atoms with Crippen LogP contribution in [-0.4, -0.2) is 44.3 Å². The highest BCUT2D eigenvalue weighted by Gasteiger charge is 2.35. The fourth-order valence-electron chi connectivity index (χ4n) is 5.09. The Morgan fingerprint density at radius 3 is 2.11 bits per heavy atom. The van der Waals surface area contributed by atoms with Crippen molar-refractivity contribution in [2.24, 2.45) is 0 Å². The molecule has 4 rings (SSSR count). The Hall–Kier alpha value is -4.50. The number of halogens is 1. The summed E-state index contributed by atoms with van der Waals surface area (Å²) in [5.74, 6) is -1.59. The second-order valence-corrected chi connectivity index (χ2v) is 12.7. The maximum Gasteiger partial charge on any atom is 0.264 e. The van der Waals surface area contributed by atoms with Gasteiger partial charge in [0.15, 0.2) is 0 Å². The normalized spacial score (nSPS) is 11.9. The van der Waals surface area contributed by atoms with E-state index in [0.29, 0.717) is 17.8 Å². The number of hydrogen-bond acceptors (Lipinski definition) is 4. The van der Waals surface area contributed by atoms with E-state index in [1.807, 2.05) is 50.2 Å². The molecule has 4 aromatic carbocycles. The number of amides is 2. The molecule has 0 aliphatic rings. The highest BCUT2D eigenvalue weighted by Crippen LogP contribution is 2.29. The van der Waals surface area contributed by atoms with Crippen LogP contribution in [0.15, 0.2) is 102 Å². The van der Waals surface area contributed by atoms with Gasteiger partial charge in [-0.25, -0.2) is 12.8 Å². The monoisotopic (exact) mass is 615 g/mol. The summed E-state index contributed by atoms with van der Waals surface area (Å²) in [6.45, 7) is 6.81. The van der Waals surface area contributed by atoms with Crippen molar-refractivity contribution in [1.82, 2.24) is 10.2 Å². The SMILES string of the molecule is CCNC(=O)C(Cc1ccccc1)N(Cc1ccccc1F)C(=O)CN(c1ccc(C)cc1C)S(=O)(=O)c1ccc(C)cc1. The van der Waals surface area contributed by atoms with Crippen molar-refractivity contribution in [1.29, 1.82) is 0 Å². The van der Waals surface area contributed by atoms with Crippen LogP contribution in [0.3, 0.4) is 0 Å². The molecule has 1 N–H and O–H groups in total. The van der Waals surface area contributed by atoms with Crippen LogP contribution in [0, 0.1) is 26.6 Å². The first-order chi connectivity index (χ1) is 21.0. The molecule has 230 valence electrons. The fourth-order valence-corrected chi connectivity index (χ4v) is 6.57. The summed E-state index contributed by atoms with van der Waals surface area (Å²) in [4.78, 5) is 29.3. The summed E-state index contributed by atoms with van der Waals surface area (Å²) in [5.41, 5.74) is 3.84. The van der Waals surface area contributed by atoms with E-state index >= 15 is 0 Å². The molecule has 0 saturated heterocycles. The van der Waals surface area contributed by atoms with Gasteiger partial charge < -0.3 is 10.2 Å². The number of anilines is 1. The molecule has 0 heterocycles. The van der Waals surface area contributed by atoms with Crippen molar-refractivity contribution in [2.45, 2.75) is 51.6 Å². The van der Waals surface area contributed by atoms with E-state index < -0.39 is 40.2 Å². The van der Waals surface area contributed by atoms with E-state index in [0.717, 1.165) is 21.0 Å². The van der Waals surface area contributed by atoms with Gasteiger partial charge in [0.05, 0.1) is 10.6 Å². The first-order valence-electron chi connectivity index (χ1n) is 14.5. The van der Waals surface area contributed by atoms with E-state index in [1.54, 1.807) is 56.3 Å². The van der Waals surface area contributed by atoms with Crippen molar-refractivity contribution in [3.8, 4) is 0 Å². The molecule has 0 aliphatic heterocycles. The van der Waals surface area contributed by atoms with Gasteiger partial charge in [-0.3, -0.25) is 13.9 Å². The molecule has 0 aliphatic carbocycles. The maximum atomic E-state index is 15.0. The van der Waals surface area contributed by atoms with E-state index in [9.17, 15) is 22.4 Å². The van der Waals surface area contributed by atoms with Crippen LogP contribution in [0.25, 0.3) is 0 Å². The van der Waals surface area contributed by atoms with Crippen LogP contribution in [-0.2, 0) is 32.6 Å². The number of nitrogens with zero attached hydrogens (tertiary/aromatic N) is 2. The first-order valence-corrected chi connectivity index (χ1v) is 16.0. The number of benzene rings is 4. The molecule has 2 amide bonds. The van der Waals surface area contributed by atoms with Crippen molar-refractivity contribution in [3.63, 3.8) is 0 Å². The molecule has 1 atom stereocenters. The third-order valence-corrected chi connectivity index (χ3v) is 9.20. The van der Waals surface area contributed by atoms with Crippen LogP contribution in [0.1, 0.15) is 34.7 Å². The van der Waals surface area contributed by atoms with Crippen molar-refractivity contribution in [3.05, 3.63) is 131 Å². The number of carbonyl (C=O) groups excluding carboxylic acids is 2. The highest BCUT2D eigenvalue weighted by molar-refractivity contribution is 7.92. The fraction of sp³-hybridized carbons (Fsp3) is 0.257. The lowest BCUT2D eigenvalue weighted by atomic mass is 10.0. The van der Waals surface area contributed by atoms with E-state index in [2.05, 4.69) is 5.32 Å². The van der Waals surface area contributed by atoms with Gasteiger partial charge in [-0.2, -0.15) is 0 Å². The Kier molecular flexibility index (Phi) is 10.5. The number of sulfonamides is 1. The standard InChI is InChI=1S/C35H38FN3O4S/c1-5-37-35(41)33(22-28-11-7-6-8-12-28)38(23-29-13-9-10-14-31(29)36)34(40)24-39(32-20-17-26(3)21-27(32)4)44(42,43)30-18-15-25(2)16-19-30/h6-21,33H,5,22-24H2,1-4H3,(H,37,41). The molecule has 0 spiro atoms. The van der Waals surface area contributed by atoms with Gasteiger partial charge >= 0.3 is 0 Å². The zero-order chi connectivity index (χ0) is 31.9. The maximum absolute atomic E-state index is 15.0. The average Bonchev–Trinajstić information content (AvgIpc) is 2.99. The molecule has 1 unspecified atom stereocenters. The van der Waals surface area contributed by atoms with E-state index in [4.69, 9.17) is 0 Å². The molecule has 0 fully saturated rings. The lowest BCUT2D eigenvalue weighted by Gasteiger charge is -2.34. The Labute approximate surface area is 259 Å². The molecule has 4 aromatic rings. The molecule has 0 bridgehead atoms. The average molecular weight is 616 g/mol. The zero-order valence-electron chi connectivity index (χ0n) is 25.5. The summed E-state index contributed by atoms with van der Waals surface area (Å²) < 4.78 is 44.4. The predicted octanol–water partition coefficient (Wildman–Crippen LogP) is 5.72. The molecule has 7 nitrogen and oxygen atoms in total. The Balaban J connectivity index is 1.83. The van der Waals surface area contributed by atoms with Gasteiger partial charge in [-0.15, -0.1) is 0 Å². The van der Waals surface area contributed by atoms with Crippen molar-refractivity contribution < 1.29 is 22.4 Å². The highest BCUT2D eigenvalue weighted by atomic mass is 32.2. The van der Waals surface area contributed by atoms with Crippen LogP contribution in [0.5, 0.6) is 0 Å². The van der Waals surface area contributed by atoms with E-state index in [1.165, 1.54) is 23.1 Å². The van der Waals surface area contributed by atoms with Crippen molar-refractivity contribution >= 4 is 27.5 Å². The number of hydrogen-bond donors (Lipinski definition) is 1. The van der Waals surface area contributed by atoms with Gasteiger partial charge in [0.25, 0.3) is 10.0 Å². The molecular formula is C35H38FN3O4S. The summed E-state index contributed by atoms with van der Waals surface area (Å²) in [5, 5.41) is 2.80. The Morgan fingerprint density at radius 1 is 0.841 bits per heavy atom. The van der Waals surface area contributed by atoms with Crippen LogP contribution >= 0.6 is 0 Å². The predicted molar refractivity (Wildman–Crippen MR) is 171 cm³/mol. The Bertz CT molecular complexity index is 1710. The third-order valence-electron chi connectivity index (χ3n) is 7.43. The molecule has 9 heteroatoms. The van der Waals surface area contributed by atoms with Crippen LogP contribution in [0.2, 0.25) is 0 Å². The number of likely N-dealkylation sites (N-methyl/N-ethyl adjacent to an activating group) is 1. The lowest BCUT2D eigenvalue weighted by molar-refractivity contribution is -0.140. The van der Waals surface area contributed by atoms with Gasteiger partial charge in [0, 0.05) is 25.1 Å². The smallest absolute Gasteiger partial charge is 0.264 e. The quantitative estimate of drug-likeness (QED) is 0.221. The molecule has 0 radical (unpaired) electrons. The van der Waals surface area contributed by atoms with Crippen molar-refractivity contribution in [2.75, 3.05) is 17.4 Å². The Morgan fingerprint density at radius 2 is 1.48 bits per heavy atom. The topological polar surface area (TPSA) is 86.8 Å². The van der Waals surface area contributed by atoms with Gasteiger partial charge in [0.2, 0.25) is 11.8 Å². The number of nitrogens with one attached hydrogen (secondary N) is 1. The number of aryl methyl sites for hydroxylation is 3. The van der Waals surface area contributed by atoms with Gasteiger partial charge in [-0.1, -0.05) is 83.9 Å². The summed E-state index contributed by atoms with van der Waals surface area (Å²) in [7, 11) is -4.22. The number of carbonyl (C=O) groups is 2. The summed E-state index contributed by atoms with van der Waals surface area (Å²) >= 11 is 0. The minimum Gasteiger partial charge on any atom is -0.355 e. The van der Waals surface area contributed by atoms with Gasteiger partial charge in [0.1, 0.15) is 18.4 Å². The third kappa shape index (κ3) is 7.71. The summed E-state index contributed by atoms with van der Waals surface area (Å²) in [6.07, 6.45) is 0.154. The van der Waals surface area contributed by atoms with Gasteiger partial charge in [-0.05, 0) is 63.1 Å². The molecule has 44 heavy (non-hydrogen) atoms. The van der Waals surface area contributed by atoms with Crippen LogP contribution < -0.4 is 9.62 Å². The summed E-state index contributed by atoms with van der Waals surface area (Å²) in [6, 6.07) is 26.0. The first kappa shape index (κ1) is 32.4. The second-order valence-electron chi connectivity index (χ2n) is 10.8. The molecular weight excluding hydrogens is 577 g/mol. The minimum absolute atomic E-state index is 0.0288. The van der Waals surface area contributed by atoms with Crippen LogP contribution in [0.4, 0.5) is 10.1 Å². The molecule has 0 aromatic heterocycles.